The molecule has 1 aliphatic heterocycles. The van der Waals surface area contributed by atoms with E-state index in [0.29, 0.717) is 5.69 Å². The van der Waals surface area contributed by atoms with Crippen LogP contribution in [0, 0.1) is 11.7 Å². The van der Waals surface area contributed by atoms with E-state index >= 15 is 0 Å². The average Bonchev–Trinajstić information content (AvgIpc) is 3.04. The van der Waals surface area contributed by atoms with E-state index in [4.69, 9.17) is 0 Å². The van der Waals surface area contributed by atoms with Gasteiger partial charge >= 0.3 is 0 Å². The molecule has 1 aliphatic rings. The molecule has 0 spiro atoms. The number of sulfone groups is 1. The first-order valence-corrected chi connectivity index (χ1v) is 10.2. The van der Waals surface area contributed by atoms with Crippen molar-refractivity contribution in [3.63, 3.8) is 0 Å². The molecule has 0 aromatic heterocycles. The Kier molecular flexibility index (Phi) is 5.27. The molecule has 6 nitrogen and oxygen atoms in total. The summed E-state index contributed by atoms with van der Waals surface area (Å²) in [5, 5.41) is 2.68. The zero-order valence-corrected chi connectivity index (χ0v) is 15.5. The summed E-state index contributed by atoms with van der Waals surface area (Å²) in [7, 11) is -3.31. The number of hydrogen-bond donors (Lipinski definition) is 1. The number of benzene rings is 2. The van der Waals surface area contributed by atoms with Crippen LogP contribution in [0.5, 0.6) is 0 Å². The zero-order valence-electron chi connectivity index (χ0n) is 14.7. The molecule has 2 aromatic carbocycles. The zero-order chi connectivity index (χ0) is 19.6. The van der Waals surface area contributed by atoms with Gasteiger partial charge in [-0.15, -0.1) is 0 Å². The van der Waals surface area contributed by atoms with Crippen molar-refractivity contribution in [2.75, 3.05) is 22.5 Å². The van der Waals surface area contributed by atoms with E-state index < -0.39 is 21.6 Å². The predicted octanol–water partition coefficient (Wildman–Crippen LogP) is 2.61. The Morgan fingerprint density at radius 2 is 1.85 bits per heavy atom. The van der Waals surface area contributed by atoms with Gasteiger partial charge in [0.2, 0.25) is 11.8 Å². The Bertz CT molecular complexity index is 973. The highest BCUT2D eigenvalue weighted by atomic mass is 32.2. The van der Waals surface area contributed by atoms with Gasteiger partial charge in [0.15, 0.2) is 9.84 Å². The molecule has 1 N–H and O–H groups in total. The van der Waals surface area contributed by atoms with Crippen molar-refractivity contribution in [1.29, 1.82) is 0 Å². The monoisotopic (exact) mass is 390 g/mol. The molecule has 0 radical (unpaired) electrons. The minimum atomic E-state index is -3.31. The molecular weight excluding hydrogens is 371 g/mol. The smallest absolute Gasteiger partial charge is 0.229 e. The first-order valence-electron chi connectivity index (χ1n) is 8.50. The van der Waals surface area contributed by atoms with Gasteiger partial charge in [-0.2, -0.15) is 0 Å². The van der Waals surface area contributed by atoms with Crippen LogP contribution in [0.1, 0.15) is 13.3 Å². The molecule has 1 heterocycles. The standard InChI is InChI=1S/C19H19FN2O4S/c1-2-27(25,26)15-9-7-14(8-10-15)21-19(24)13-11-18(23)22(12-13)17-6-4-3-5-16(17)20/h3-10,13H,2,11-12H2,1H3,(H,21,24)/t13-/m1/s1. The molecule has 1 atom stereocenters. The number of carbonyl (C=O) groups excluding carboxylic acids is 2. The fourth-order valence-electron chi connectivity index (χ4n) is 2.94. The molecule has 2 aromatic rings. The molecule has 142 valence electrons. The topological polar surface area (TPSA) is 83.5 Å². The summed E-state index contributed by atoms with van der Waals surface area (Å²) in [5.41, 5.74) is 0.596. The van der Waals surface area contributed by atoms with Gasteiger partial charge in [-0.3, -0.25) is 9.59 Å². The maximum atomic E-state index is 13.9. The first kappa shape index (κ1) is 19.0. The van der Waals surface area contributed by atoms with Gasteiger partial charge in [0.25, 0.3) is 0 Å². The molecule has 8 heteroatoms. The lowest BCUT2D eigenvalue weighted by Gasteiger charge is -2.17. The van der Waals surface area contributed by atoms with Gasteiger partial charge in [-0.25, -0.2) is 12.8 Å². The van der Waals surface area contributed by atoms with Crippen molar-refractivity contribution in [2.24, 2.45) is 5.92 Å². The minimum absolute atomic E-state index is 0.00519. The summed E-state index contributed by atoms with van der Waals surface area (Å²) >= 11 is 0. The molecule has 27 heavy (non-hydrogen) atoms. The van der Waals surface area contributed by atoms with E-state index in [2.05, 4.69) is 5.32 Å². The van der Waals surface area contributed by atoms with Crippen LogP contribution in [0.15, 0.2) is 53.4 Å². The van der Waals surface area contributed by atoms with Gasteiger partial charge in [0.1, 0.15) is 5.82 Å². The number of amides is 2. The minimum Gasteiger partial charge on any atom is -0.326 e. The summed E-state index contributed by atoms with van der Waals surface area (Å²) in [5.74, 6) is -1.82. The quantitative estimate of drug-likeness (QED) is 0.851. The number of para-hydroxylation sites is 1. The second kappa shape index (κ2) is 7.48. The first-order chi connectivity index (χ1) is 12.8. The highest BCUT2D eigenvalue weighted by molar-refractivity contribution is 7.91. The SMILES string of the molecule is CCS(=O)(=O)c1ccc(NC(=O)[C@@H]2CC(=O)N(c3ccccc3F)C2)cc1. The maximum absolute atomic E-state index is 13.9. The lowest BCUT2D eigenvalue weighted by Crippen LogP contribution is -2.28. The van der Waals surface area contributed by atoms with Crippen molar-refractivity contribution >= 4 is 33.0 Å². The Morgan fingerprint density at radius 3 is 2.48 bits per heavy atom. The molecule has 2 amide bonds. The van der Waals surface area contributed by atoms with Crippen LogP contribution in [-0.2, 0) is 19.4 Å². The average molecular weight is 390 g/mol. The number of halogens is 1. The van der Waals surface area contributed by atoms with Gasteiger partial charge in [0, 0.05) is 18.7 Å². The summed E-state index contributed by atoms with van der Waals surface area (Å²) < 4.78 is 37.5. The van der Waals surface area contributed by atoms with Gasteiger partial charge in [-0.05, 0) is 36.4 Å². The largest absolute Gasteiger partial charge is 0.326 e. The Labute approximate surface area is 156 Å². The van der Waals surface area contributed by atoms with E-state index in [1.165, 1.54) is 47.4 Å². The van der Waals surface area contributed by atoms with E-state index in [1.807, 2.05) is 0 Å². The second-order valence-corrected chi connectivity index (χ2v) is 8.55. The molecule has 1 fully saturated rings. The highest BCUT2D eigenvalue weighted by Gasteiger charge is 2.36. The molecule has 0 aliphatic carbocycles. The number of nitrogens with one attached hydrogen (secondary N) is 1. The van der Waals surface area contributed by atoms with Crippen LogP contribution >= 0.6 is 0 Å². The van der Waals surface area contributed by atoms with Crippen LogP contribution in [0.25, 0.3) is 0 Å². The van der Waals surface area contributed by atoms with E-state index in [1.54, 1.807) is 13.0 Å². The van der Waals surface area contributed by atoms with E-state index in [0.717, 1.165) is 0 Å². The third-order valence-corrected chi connectivity index (χ3v) is 6.25. The third kappa shape index (κ3) is 4.00. The Morgan fingerprint density at radius 1 is 1.19 bits per heavy atom. The van der Waals surface area contributed by atoms with Gasteiger partial charge < -0.3 is 10.2 Å². The molecule has 0 saturated carbocycles. The molecule has 0 unspecified atom stereocenters. The van der Waals surface area contributed by atoms with Gasteiger partial charge in [-0.1, -0.05) is 19.1 Å². The van der Waals surface area contributed by atoms with Crippen LogP contribution < -0.4 is 10.2 Å². The lowest BCUT2D eigenvalue weighted by molar-refractivity contribution is -0.122. The van der Waals surface area contributed by atoms with Crippen molar-refractivity contribution < 1.29 is 22.4 Å². The Hall–Kier alpha value is -2.74. The van der Waals surface area contributed by atoms with Crippen LogP contribution in [0.3, 0.4) is 0 Å². The fraction of sp³-hybridized carbons (Fsp3) is 0.263. The number of hydrogen-bond acceptors (Lipinski definition) is 4. The summed E-state index contributed by atoms with van der Waals surface area (Å²) in [6, 6.07) is 11.8. The second-order valence-electron chi connectivity index (χ2n) is 6.27. The fourth-order valence-corrected chi connectivity index (χ4v) is 3.83. The highest BCUT2D eigenvalue weighted by Crippen LogP contribution is 2.28. The normalized spacial score (nSPS) is 17.2. The van der Waals surface area contributed by atoms with Crippen molar-refractivity contribution in [3.8, 4) is 0 Å². The summed E-state index contributed by atoms with van der Waals surface area (Å²) in [6.07, 6.45) is -0.0114. The lowest BCUT2D eigenvalue weighted by atomic mass is 10.1. The van der Waals surface area contributed by atoms with Gasteiger partial charge in [0.05, 0.1) is 22.3 Å². The van der Waals surface area contributed by atoms with E-state index in [9.17, 15) is 22.4 Å². The molecular formula is C19H19FN2O4S. The Balaban J connectivity index is 1.69. The van der Waals surface area contributed by atoms with Crippen molar-refractivity contribution in [2.45, 2.75) is 18.2 Å². The number of rotatable bonds is 5. The van der Waals surface area contributed by atoms with Crippen LogP contribution in [0.4, 0.5) is 15.8 Å². The summed E-state index contributed by atoms with van der Waals surface area (Å²) in [6.45, 7) is 1.65. The van der Waals surface area contributed by atoms with Crippen molar-refractivity contribution in [3.05, 3.63) is 54.3 Å². The van der Waals surface area contributed by atoms with Crippen molar-refractivity contribution in [1.82, 2.24) is 0 Å². The number of nitrogens with zero attached hydrogens (tertiary/aromatic N) is 1. The summed E-state index contributed by atoms with van der Waals surface area (Å²) in [4.78, 5) is 26.1. The molecule has 0 bridgehead atoms. The number of carbonyl (C=O) groups is 2. The van der Waals surface area contributed by atoms with Crippen LogP contribution in [-0.4, -0.2) is 32.5 Å². The molecule has 1 saturated heterocycles. The van der Waals surface area contributed by atoms with Crippen LogP contribution in [0.2, 0.25) is 0 Å². The predicted molar refractivity (Wildman–Crippen MR) is 99.7 cm³/mol. The third-order valence-electron chi connectivity index (χ3n) is 4.50. The number of anilines is 2. The maximum Gasteiger partial charge on any atom is 0.229 e. The van der Waals surface area contributed by atoms with E-state index in [-0.39, 0.29) is 41.1 Å². The molecule has 3 rings (SSSR count).